The fourth-order valence-corrected chi connectivity index (χ4v) is 3.03. The van der Waals surface area contributed by atoms with Crippen molar-refractivity contribution in [1.82, 2.24) is 0 Å². The molecule has 2 rings (SSSR count). The highest BCUT2D eigenvalue weighted by Gasteiger charge is 2.17. The van der Waals surface area contributed by atoms with E-state index in [-0.39, 0.29) is 17.2 Å². The number of hydrogen-bond donors (Lipinski definition) is 1. The third kappa shape index (κ3) is 6.12. The number of carbonyl (C=O) groups excluding carboxylic acids is 1. The first-order valence-electron chi connectivity index (χ1n) is 8.47. The highest BCUT2D eigenvalue weighted by molar-refractivity contribution is 7.99. The predicted molar refractivity (Wildman–Crippen MR) is 108 cm³/mol. The molecule has 2 aromatic carbocycles. The molecule has 0 saturated heterocycles. The molecule has 1 amide bonds. The number of thioether (sulfide) groups is 1. The standard InChI is InChI=1S/C20H17F2N3O3S/c1-12(2)17-8-3-13(10-18(17)25(27)28)9-14(11-23)19(26)24-15-4-6-16(7-5-15)29-20(21)22/h3-10,12,20H,1-2H3,(H,24,26)/b14-9+. The fraction of sp³-hybridized carbons (Fsp3) is 0.200. The van der Waals surface area contributed by atoms with Crippen LogP contribution in [0.25, 0.3) is 6.08 Å². The van der Waals surface area contributed by atoms with Crippen LogP contribution in [-0.2, 0) is 4.79 Å². The summed E-state index contributed by atoms with van der Waals surface area (Å²) in [5.74, 6) is -3.31. The van der Waals surface area contributed by atoms with E-state index in [0.29, 0.717) is 33.5 Å². The van der Waals surface area contributed by atoms with Crippen LogP contribution in [0, 0.1) is 21.4 Å². The molecule has 0 atom stereocenters. The maximum absolute atomic E-state index is 12.3. The molecule has 0 aliphatic rings. The number of benzene rings is 2. The van der Waals surface area contributed by atoms with Crippen molar-refractivity contribution in [3.05, 3.63) is 69.3 Å². The number of alkyl halides is 2. The van der Waals surface area contributed by atoms with E-state index in [0.717, 1.165) is 0 Å². The first-order chi connectivity index (χ1) is 13.7. The van der Waals surface area contributed by atoms with Crippen LogP contribution in [0.3, 0.4) is 0 Å². The molecule has 0 bridgehead atoms. The minimum absolute atomic E-state index is 0.0571. The van der Waals surface area contributed by atoms with Crippen molar-refractivity contribution in [1.29, 1.82) is 5.26 Å². The Bertz CT molecular complexity index is 983. The normalized spacial score (nSPS) is 11.4. The maximum Gasteiger partial charge on any atom is 0.288 e. The topological polar surface area (TPSA) is 96.0 Å². The lowest BCUT2D eigenvalue weighted by molar-refractivity contribution is -0.385. The third-order valence-corrected chi connectivity index (χ3v) is 4.61. The summed E-state index contributed by atoms with van der Waals surface area (Å²) in [6.45, 7) is 3.66. The first kappa shape index (κ1) is 22.0. The summed E-state index contributed by atoms with van der Waals surface area (Å²) in [5.41, 5.74) is 0.894. The molecule has 0 unspecified atom stereocenters. The van der Waals surface area contributed by atoms with Crippen molar-refractivity contribution >= 4 is 35.1 Å². The molecule has 0 spiro atoms. The predicted octanol–water partition coefficient (Wildman–Crippen LogP) is 5.58. The number of nitrogens with zero attached hydrogens (tertiary/aromatic N) is 2. The summed E-state index contributed by atoms with van der Waals surface area (Å²) in [6.07, 6.45) is 1.26. The van der Waals surface area contributed by atoms with Gasteiger partial charge in [0.1, 0.15) is 11.6 Å². The summed E-state index contributed by atoms with van der Waals surface area (Å²) in [6, 6.07) is 12.0. The number of nitro groups is 1. The van der Waals surface area contributed by atoms with E-state index in [1.54, 1.807) is 18.2 Å². The largest absolute Gasteiger partial charge is 0.321 e. The van der Waals surface area contributed by atoms with Crippen LogP contribution in [0.2, 0.25) is 0 Å². The Labute approximate surface area is 170 Å². The van der Waals surface area contributed by atoms with Crippen LogP contribution in [0.1, 0.15) is 30.9 Å². The molecule has 2 aromatic rings. The SMILES string of the molecule is CC(C)c1ccc(/C=C(\C#N)C(=O)Nc2ccc(SC(F)F)cc2)cc1[N+](=O)[O-]. The second-order valence-corrected chi connectivity index (χ2v) is 7.32. The average molecular weight is 417 g/mol. The molecule has 0 saturated carbocycles. The Hall–Kier alpha value is -3.25. The van der Waals surface area contributed by atoms with Crippen LogP contribution >= 0.6 is 11.8 Å². The van der Waals surface area contributed by atoms with Crippen molar-refractivity contribution in [2.24, 2.45) is 0 Å². The van der Waals surface area contributed by atoms with E-state index in [1.165, 1.54) is 36.4 Å². The summed E-state index contributed by atoms with van der Waals surface area (Å²) in [7, 11) is 0. The van der Waals surface area contributed by atoms with Crippen LogP contribution in [0.5, 0.6) is 0 Å². The van der Waals surface area contributed by atoms with Crippen molar-refractivity contribution < 1.29 is 18.5 Å². The zero-order valence-electron chi connectivity index (χ0n) is 15.6. The molecule has 0 aromatic heterocycles. The number of amides is 1. The molecule has 9 heteroatoms. The van der Waals surface area contributed by atoms with Crippen molar-refractivity contribution in [2.45, 2.75) is 30.4 Å². The molecule has 0 radical (unpaired) electrons. The number of carbonyl (C=O) groups is 1. The summed E-state index contributed by atoms with van der Waals surface area (Å²) in [5, 5.41) is 23.1. The highest BCUT2D eigenvalue weighted by Crippen LogP contribution is 2.28. The zero-order chi connectivity index (χ0) is 21.6. The van der Waals surface area contributed by atoms with Gasteiger partial charge in [-0.2, -0.15) is 14.0 Å². The highest BCUT2D eigenvalue weighted by atomic mass is 32.2. The average Bonchev–Trinajstić information content (AvgIpc) is 2.66. The number of nitriles is 1. The lowest BCUT2D eigenvalue weighted by Crippen LogP contribution is -2.13. The Kier molecular flexibility index (Phi) is 7.45. The summed E-state index contributed by atoms with van der Waals surface area (Å²) >= 11 is 0.380. The summed E-state index contributed by atoms with van der Waals surface area (Å²) < 4.78 is 24.7. The van der Waals surface area contributed by atoms with Gasteiger partial charge in [-0.3, -0.25) is 14.9 Å². The fourth-order valence-electron chi connectivity index (χ4n) is 2.53. The maximum atomic E-state index is 12.3. The van der Waals surface area contributed by atoms with E-state index in [9.17, 15) is 29.0 Å². The molecule has 1 N–H and O–H groups in total. The van der Waals surface area contributed by atoms with Gasteiger partial charge < -0.3 is 5.32 Å². The van der Waals surface area contributed by atoms with Crippen LogP contribution < -0.4 is 5.32 Å². The van der Waals surface area contributed by atoms with Crippen molar-refractivity contribution in [3.63, 3.8) is 0 Å². The van der Waals surface area contributed by atoms with E-state index in [1.807, 2.05) is 13.8 Å². The molecule has 150 valence electrons. The third-order valence-electron chi connectivity index (χ3n) is 3.89. The second-order valence-electron chi connectivity index (χ2n) is 6.26. The molecule has 0 fully saturated rings. The van der Waals surface area contributed by atoms with E-state index < -0.39 is 16.6 Å². The molecular formula is C20H17F2N3O3S. The Balaban J connectivity index is 2.23. The van der Waals surface area contributed by atoms with E-state index >= 15 is 0 Å². The molecule has 6 nitrogen and oxygen atoms in total. The van der Waals surface area contributed by atoms with Gasteiger partial charge in [-0.05, 0) is 41.8 Å². The lowest BCUT2D eigenvalue weighted by Gasteiger charge is -2.08. The number of anilines is 1. The number of halogens is 2. The quantitative estimate of drug-likeness (QED) is 0.209. The van der Waals surface area contributed by atoms with Gasteiger partial charge >= 0.3 is 0 Å². The van der Waals surface area contributed by atoms with Crippen LogP contribution in [0.15, 0.2) is 52.9 Å². The Morgan fingerprint density at radius 2 is 1.90 bits per heavy atom. The van der Waals surface area contributed by atoms with Gasteiger partial charge in [0.05, 0.1) is 4.92 Å². The van der Waals surface area contributed by atoms with Gasteiger partial charge in [0, 0.05) is 22.2 Å². The second kappa shape index (κ2) is 9.80. The minimum atomic E-state index is -2.55. The van der Waals surface area contributed by atoms with Gasteiger partial charge in [-0.25, -0.2) is 0 Å². The molecule has 0 aliphatic heterocycles. The van der Waals surface area contributed by atoms with E-state index in [2.05, 4.69) is 5.32 Å². The first-order valence-corrected chi connectivity index (χ1v) is 9.35. The Morgan fingerprint density at radius 1 is 1.24 bits per heavy atom. The van der Waals surface area contributed by atoms with Crippen molar-refractivity contribution in [2.75, 3.05) is 5.32 Å². The number of rotatable bonds is 7. The van der Waals surface area contributed by atoms with Crippen LogP contribution in [0.4, 0.5) is 20.2 Å². The molecule has 29 heavy (non-hydrogen) atoms. The number of nitrogens with one attached hydrogen (secondary N) is 1. The van der Waals surface area contributed by atoms with Crippen LogP contribution in [-0.4, -0.2) is 16.6 Å². The van der Waals surface area contributed by atoms with Gasteiger partial charge in [0.15, 0.2) is 0 Å². The van der Waals surface area contributed by atoms with Crippen molar-refractivity contribution in [3.8, 4) is 6.07 Å². The molecule has 0 heterocycles. The number of nitro benzene ring substituents is 1. The molecular weight excluding hydrogens is 400 g/mol. The Morgan fingerprint density at radius 3 is 2.41 bits per heavy atom. The van der Waals surface area contributed by atoms with Gasteiger partial charge in [0.25, 0.3) is 17.4 Å². The number of hydrogen-bond acceptors (Lipinski definition) is 5. The monoisotopic (exact) mass is 417 g/mol. The zero-order valence-corrected chi connectivity index (χ0v) is 16.4. The van der Waals surface area contributed by atoms with Gasteiger partial charge in [-0.1, -0.05) is 37.7 Å². The lowest BCUT2D eigenvalue weighted by atomic mass is 9.98. The van der Waals surface area contributed by atoms with E-state index in [4.69, 9.17) is 0 Å². The van der Waals surface area contributed by atoms with Gasteiger partial charge in [-0.15, -0.1) is 0 Å². The molecule has 0 aliphatic carbocycles. The smallest absolute Gasteiger partial charge is 0.288 e. The minimum Gasteiger partial charge on any atom is -0.321 e. The van der Waals surface area contributed by atoms with Gasteiger partial charge in [0.2, 0.25) is 0 Å². The summed E-state index contributed by atoms with van der Waals surface area (Å²) in [4.78, 5) is 23.5.